The number of fused-ring (bicyclic) bond motifs is 2. The van der Waals surface area contributed by atoms with E-state index in [9.17, 15) is 0 Å². The lowest BCUT2D eigenvalue weighted by Gasteiger charge is -2.22. The fourth-order valence-electron chi connectivity index (χ4n) is 5.27. The molecule has 0 unspecified atom stereocenters. The molecule has 0 spiro atoms. The predicted octanol–water partition coefficient (Wildman–Crippen LogP) is 8.20. The number of nitrogens with zero attached hydrogens (tertiary/aromatic N) is 2. The van der Waals surface area contributed by atoms with Crippen molar-refractivity contribution < 1.29 is 0 Å². The molecular formula is C33H22N2. The number of aromatic nitrogens is 2. The first-order valence-electron chi connectivity index (χ1n) is 12.0. The van der Waals surface area contributed by atoms with Crippen molar-refractivity contribution in [3.05, 3.63) is 132 Å². The van der Waals surface area contributed by atoms with Crippen LogP contribution in [0.4, 0.5) is 0 Å². The lowest BCUT2D eigenvalue weighted by molar-refractivity contribution is 1.18. The molecule has 0 fully saturated rings. The topological polar surface area (TPSA) is 25.8 Å². The van der Waals surface area contributed by atoms with E-state index in [2.05, 4.69) is 109 Å². The molecule has 1 aromatic heterocycles. The monoisotopic (exact) mass is 446 g/mol. The van der Waals surface area contributed by atoms with Crippen molar-refractivity contribution in [3.8, 4) is 45.0 Å². The quantitative estimate of drug-likeness (QED) is 0.273. The first-order valence-corrected chi connectivity index (χ1v) is 12.0. The van der Waals surface area contributed by atoms with Crippen molar-refractivity contribution in [3.63, 3.8) is 0 Å². The van der Waals surface area contributed by atoms with E-state index in [1.165, 1.54) is 33.0 Å². The minimum atomic E-state index is 0.757. The molecule has 0 saturated carbocycles. The van der Waals surface area contributed by atoms with E-state index in [1.807, 2.05) is 12.1 Å². The highest BCUT2D eigenvalue weighted by atomic mass is 14.9. The van der Waals surface area contributed by atoms with E-state index in [1.54, 1.807) is 0 Å². The van der Waals surface area contributed by atoms with Gasteiger partial charge in [0, 0.05) is 16.7 Å². The van der Waals surface area contributed by atoms with Gasteiger partial charge in [-0.2, -0.15) is 0 Å². The molecule has 7 rings (SSSR count). The number of hydrogen-bond donors (Lipinski definition) is 0. The van der Waals surface area contributed by atoms with Crippen LogP contribution in [0.2, 0.25) is 0 Å². The predicted molar refractivity (Wildman–Crippen MR) is 144 cm³/mol. The third kappa shape index (κ3) is 3.34. The first-order chi connectivity index (χ1) is 17.3. The van der Waals surface area contributed by atoms with Crippen molar-refractivity contribution in [1.29, 1.82) is 0 Å². The standard InChI is InChI=1S/C33H22N2/c1-3-10-22(11-4-1)30-21-31(23-12-5-2-6-13-23)35-33(34-30)29-19-18-28-26-16-8-7-14-24(26)20-25-15-9-17-27(29)32(25)28/h1-19,21H,20H2. The van der Waals surface area contributed by atoms with Crippen molar-refractivity contribution in [1.82, 2.24) is 9.97 Å². The summed E-state index contributed by atoms with van der Waals surface area (Å²) in [6.07, 6.45) is 0.949. The highest BCUT2D eigenvalue weighted by Gasteiger charge is 2.21. The summed E-state index contributed by atoms with van der Waals surface area (Å²) >= 11 is 0. The van der Waals surface area contributed by atoms with Gasteiger partial charge in [-0.25, -0.2) is 9.97 Å². The number of rotatable bonds is 3. The summed E-state index contributed by atoms with van der Waals surface area (Å²) < 4.78 is 0. The van der Waals surface area contributed by atoms with E-state index in [-0.39, 0.29) is 0 Å². The lowest BCUT2D eigenvalue weighted by Crippen LogP contribution is -2.02. The van der Waals surface area contributed by atoms with E-state index in [4.69, 9.17) is 9.97 Å². The Balaban J connectivity index is 1.49. The second kappa shape index (κ2) is 8.03. The fourth-order valence-corrected chi connectivity index (χ4v) is 5.27. The van der Waals surface area contributed by atoms with Crippen LogP contribution in [0.25, 0.3) is 55.8 Å². The highest BCUT2D eigenvalue weighted by Crippen LogP contribution is 2.42. The molecule has 0 radical (unpaired) electrons. The molecule has 0 N–H and O–H groups in total. The van der Waals surface area contributed by atoms with Gasteiger partial charge in [-0.3, -0.25) is 0 Å². The smallest absolute Gasteiger partial charge is 0.161 e. The molecule has 0 atom stereocenters. The Kier molecular flexibility index (Phi) is 4.56. The van der Waals surface area contributed by atoms with Gasteiger partial charge in [0.15, 0.2) is 5.82 Å². The molecule has 164 valence electrons. The summed E-state index contributed by atoms with van der Waals surface area (Å²) in [5.41, 5.74) is 10.5. The zero-order valence-corrected chi connectivity index (χ0v) is 19.1. The van der Waals surface area contributed by atoms with Gasteiger partial charge in [-0.15, -0.1) is 0 Å². The average Bonchev–Trinajstić information content (AvgIpc) is 2.94. The van der Waals surface area contributed by atoms with E-state index in [0.717, 1.165) is 40.3 Å². The first kappa shape index (κ1) is 19.9. The largest absolute Gasteiger partial charge is 0.228 e. The minimum Gasteiger partial charge on any atom is -0.228 e. The van der Waals surface area contributed by atoms with Crippen LogP contribution >= 0.6 is 0 Å². The van der Waals surface area contributed by atoms with Crippen LogP contribution in [0, 0.1) is 0 Å². The SMILES string of the molecule is c1ccc(-c2cc(-c3ccccc3)nc(-c3ccc4c5c(cccc35)Cc3ccccc3-4)n2)cc1. The van der Waals surface area contributed by atoms with Crippen molar-refractivity contribution >= 4 is 10.8 Å². The Labute approximate surface area is 204 Å². The zero-order chi connectivity index (χ0) is 23.2. The molecule has 0 saturated heterocycles. The highest BCUT2D eigenvalue weighted by molar-refractivity contribution is 6.07. The summed E-state index contributed by atoms with van der Waals surface area (Å²) in [5, 5.41) is 2.53. The van der Waals surface area contributed by atoms with E-state index in [0.29, 0.717) is 0 Å². The fraction of sp³-hybridized carbons (Fsp3) is 0.0303. The third-order valence-electron chi connectivity index (χ3n) is 6.92. The maximum Gasteiger partial charge on any atom is 0.161 e. The molecule has 1 aliphatic carbocycles. The summed E-state index contributed by atoms with van der Waals surface area (Å²) in [6, 6.07) is 42.6. The number of benzene rings is 5. The summed E-state index contributed by atoms with van der Waals surface area (Å²) in [6.45, 7) is 0. The molecule has 2 heteroatoms. The summed E-state index contributed by atoms with van der Waals surface area (Å²) in [5.74, 6) is 0.757. The minimum absolute atomic E-state index is 0.757. The molecule has 2 nitrogen and oxygen atoms in total. The van der Waals surface area contributed by atoms with Gasteiger partial charge >= 0.3 is 0 Å². The van der Waals surface area contributed by atoms with Crippen LogP contribution in [0.15, 0.2) is 121 Å². The second-order valence-electron chi connectivity index (χ2n) is 9.03. The van der Waals surface area contributed by atoms with Gasteiger partial charge in [-0.05, 0) is 51.6 Å². The van der Waals surface area contributed by atoms with Gasteiger partial charge in [0.25, 0.3) is 0 Å². The van der Waals surface area contributed by atoms with Crippen LogP contribution < -0.4 is 0 Å². The normalized spacial score (nSPS) is 11.9. The molecule has 5 aromatic carbocycles. The summed E-state index contributed by atoms with van der Waals surface area (Å²) in [4.78, 5) is 10.2. The Morgan fingerprint density at radius 3 is 1.77 bits per heavy atom. The summed E-state index contributed by atoms with van der Waals surface area (Å²) in [7, 11) is 0. The van der Waals surface area contributed by atoms with Gasteiger partial charge in [0.2, 0.25) is 0 Å². The second-order valence-corrected chi connectivity index (χ2v) is 9.03. The van der Waals surface area contributed by atoms with Gasteiger partial charge in [0.1, 0.15) is 0 Å². The molecule has 0 amide bonds. The molecule has 1 aliphatic rings. The van der Waals surface area contributed by atoms with E-state index >= 15 is 0 Å². The third-order valence-corrected chi connectivity index (χ3v) is 6.92. The van der Waals surface area contributed by atoms with Crippen LogP contribution in [-0.2, 0) is 6.42 Å². The van der Waals surface area contributed by atoms with Crippen molar-refractivity contribution in [2.24, 2.45) is 0 Å². The Morgan fingerprint density at radius 1 is 0.457 bits per heavy atom. The maximum absolute atomic E-state index is 5.09. The Hall–Kier alpha value is -4.56. The van der Waals surface area contributed by atoms with Gasteiger partial charge < -0.3 is 0 Å². The molecule has 1 heterocycles. The van der Waals surface area contributed by atoms with Crippen molar-refractivity contribution in [2.45, 2.75) is 6.42 Å². The maximum atomic E-state index is 5.09. The van der Waals surface area contributed by atoms with Gasteiger partial charge in [-0.1, -0.05) is 109 Å². The van der Waals surface area contributed by atoms with E-state index < -0.39 is 0 Å². The Bertz CT molecular complexity index is 1650. The van der Waals surface area contributed by atoms with Crippen molar-refractivity contribution in [2.75, 3.05) is 0 Å². The number of hydrogen-bond acceptors (Lipinski definition) is 2. The molecular weight excluding hydrogens is 424 g/mol. The zero-order valence-electron chi connectivity index (χ0n) is 19.1. The van der Waals surface area contributed by atoms with Gasteiger partial charge in [0.05, 0.1) is 11.4 Å². The Morgan fingerprint density at radius 2 is 1.06 bits per heavy atom. The van der Waals surface area contributed by atoms with Crippen LogP contribution in [-0.4, -0.2) is 9.97 Å². The molecule has 0 aliphatic heterocycles. The lowest BCUT2D eigenvalue weighted by atomic mass is 9.82. The van der Waals surface area contributed by atoms with Crippen LogP contribution in [0.3, 0.4) is 0 Å². The molecule has 6 aromatic rings. The average molecular weight is 447 g/mol. The van der Waals surface area contributed by atoms with Crippen LogP contribution in [0.5, 0.6) is 0 Å². The van der Waals surface area contributed by atoms with Crippen LogP contribution in [0.1, 0.15) is 11.1 Å². The molecule has 35 heavy (non-hydrogen) atoms. The molecule has 0 bridgehead atoms.